The molecule has 8 heteroatoms. The average molecular weight is 270 g/mol. The van der Waals surface area contributed by atoms with Crippen molar-refractivity contribution in [3.05, 3.63) is 0 Å². The lowest BCUT2D eigenvalue weighted by molar-refractivity contribution is -0.139. The molecular weight excluding hydrogens is 253 g/mol. The van der Waals surface area contributed by atoms with Crippen LogP contribution in [-0.2, 0) is 4.79 Å². The van der Waals surface area contributed by atoms with Gasteiger partial charge in [-0.05, 0) is 19.3 Å². The van der Waals surface area contributed by atoms with Gasteiger partial charge < -0.3 is 15.7 Å². The van der Waals surface area contributed by atoms with Gasteiger partial charge in [-0.3, -0.25) is 0 Å². The summed E-state index contributed by atoms with van der Waals surface area (Å²) in [4.78, 5) is 21.8. The van der Waals surface area contributed by atoms with Crippen molar-refractivity contribution < 1.29 is 27.9 Å². The third-order valence-corrected chi connectivity index (χ3v) is 2.18. The second-order valence-electron chi connectivity index (χ2n) is 3.77. The first-order chi connectivity index (χ1) is 8.26. The first-order valence-electron chi connectivity index (χ1n) is 5.60. The smallest absolute Gasteiger partial charge is 0.389 e. The third-order valence-electron chi connectivity index (χ3n) is 2.18. The van der Waals surface area contributed by atoms with Gasteiger partial charge in [0, 0.05) is 13.0 Å². The molecule has 0 aromatic rings. The number of unbranched alkanes of at least 4 members (excludes halogenated alkanes) is 1. The summed E-state index contributed by atoms with van der Waals surface area (Å²) in [5.41, 5.74) is 0. The number of urea groups is 1. The van der Waals surface area contributed by atoms with Crippen LogP contribution >= 0.6 is 0 Å². The number of aliphatic carboxylic acids is 1. The van der Waals surface area contributed by atoms with E-state index in [0.29, 0.717) is 0 Å². The number of amides is 2. The minimum absolute atomic E-state index is 0.0695. The Morgan fingerprint density at radius 3 is 2.33 bits per heavy atom. The summed E-state index contributed by atoms with van der Waals surface area (Å²) >= 11 is 0. The summed E-state index contributed by atoms with van der Waals surface area (Å²) in [6.07, 6.45) is -4.71. The maximum atomic E-state index is 11.8. The molecule has 3 N–H and O–H groups in total. The molecule has 0 rings (SSSR count). The van der Waals surface area contributed by atoms with E-state index in [1.165, 1.54) is 0 Å². The van der Waals surface area contributed by atoms with Gasteiger partial charge >= 0.3 is 18.2 Å². The van der Waals surface area contributed by atoms with Gasteiger partial charge in [-0.25, -0.2) is 9.59 Å². The number of carboxylic acids is 1. The molecule has 0 heterocycles. The van der Waals surface area contributed by atoms with Crippen LogP contribution in [0.5, 0.6) is 0 Å². The van der Waals surface area contributed by atoms with Crippen LogP contribution in [0.4, 0.5) is 18.0 Å². The van der Waals surface area contributed by atoms with Crippen molar-refractivity contribution in [2.24, 2.45) is 0 Å². The maximum absolute atomic E-state index is 11.8. The highest BCUT2D eigenvalue weighted by Gasteiger charge is 2.25. The maximum Gasteiger partial charge on any atom is 0.389 e. The van der Waals surface area contributed by atoms with E-state index in [2.05, 4.69) is 10.6 Å². The Morgan fingerprint density at radius 1 is 1.28 bits per heavy atom. The molecule has 5 nitrogen and oxygen atoms in total. The van der Waals surface area contributed by atoms with Crippen LogP contribution in [0.1, 0.15) is 32.6 Å². The highest BCUT2D eigenvalue weighted by molar-refractivity contribution is 5.82. The molecule has 0 aliphatic carbocycles. The fourth-order valence-electron chi connectivity index (χ4n) is 1.20. The van der Waals surface area contributed by atoms with Crippen LogP contribution in [0.15, 0.2) is 0 Å². The molecule has 0 aromatic carbocycles. The average Bonchev–Trinajstić information content (AvgIpc) is 2.23. The zero-order valence-corrected chi connectivity index (χ0v) is 10.0. The van der Waals surface area contributed by atoms with Crippen LogP contribution in [0.25, 0.3) is 0 Å². The SMILES string of the molecule is CCC(NC(=O)NCCCCC(F)(F)F)C(=O)O. The van der Waals surface area contributed by atoms with Crippen molar-refractivity contribution in [1.82, 2.24) is 10.6 Å². The van der Waals surface area contributed by atoms with Crippen molar-refractivity contribution in [2.75, 3.05) is 6.54 Å². The standard InChI is InChI=1S/C10H17F3N2O3/c1-2-7(8(16)17)15-9(18)14-6-4-3-5-10(11,12)13/h7H,2-6H2,1H3,(H,16,17)(H2,14,15,18). The minimum atomic E-state index is -4.18. The lowest BCUT2D eigenvalue weighted by Crippen LogP contribution is -2.45. The van der Waals surface area contributed by atoms with E-state index in [0.717, 1.165) is 0 Å². The van der Waals surface area contributed by atoms with Crippen LogP contribution in [-0.4, -0.2) is 35.9 Å². The number of hydrogen-bond acceptors (Lipinski definition) is 2. The quantitative estimate of drug-likeness (QED) is 0.618. The summed E-state index contributed by atoms with van der Waals surface area (Å²) in [5, 5.41) is 13.2. The number of carbonyl (C=O) groups is 2. The number of alkyl halides is 3. The summed E-state index contributed by atoms with van der Waals surface area (Å²) in [7, 11) is 0. The molecule has 0 saturated heterocycles. The Kier molecular flexibility index (Phi) is 7.14. The molecule has 0 spiro atoms. The molecule has 2 amide bonds. The third kappa shape index (κ3) is 8.66. The molecule has 0 aliphatic rings. The largest absolute Gasteiger partial charge is 0.480 e. The Bertz CT molecular complexity index is 282. The summed E-state index contributed by atoms with van der Waals surface area (Å²) in [5.74, 6) is -1.15. The molecule has 1 atom stereocenters. The highest BCUT2D eigenvalue weighted by Crippen LogP contribution is 2.21. The van der Waals surface area contributed by atoms with Crippen LogP contribution in [0, 0.1) is 0 Å². The van der Waals surface area contributed by atoms with Crippen molar-refractivity contribution in [3.63, 3.8) is 0 Å². The number of nitrogens with one attached hydrogen (secondary N) is 2. The minimum Gasteiger partial charge on any atom is -0.480 e. The predicted octanol–water partition coefficient (Wildman–Crippen LogP) is 1.88. The zero-order chi connectivity index (χ0) is 14.2. The zero-order valence-electron chi connectivity index (χ0n) is 10.0. The molecular formula is C10H17F3N2O3. The summed E-state index contributed by atoms with van der Waals surface area (Å²) in [6, 6.07) is -1.67. The molecule has 0 saturated carbocycles. The normalized spacial score (nSPS) is 12.9. The molecule has 18 heavy (non-hydrogen) atoms. The van der Waals surface area contributed by atoms with E-state index in [9.17, 15) is 22.8 Å². The fraction of sp³-hybridized carbons (Fsp3) is 0.800. The second-order valence-corrected chi connectivity index (χ2v) is 3.77. The van der Waals surface area contributed by atoms with Gasteiger partial charge in [0.25, 0.3) is 0 Å². The molecule has 106 valence electrons. The van der Waals surface area contributed by atoms with Gasteiger partial charge in [-0.1, -0.05) is 6.92 Å². The molecule has 0 aliphatic heterocycles. The van der Waals surface area contributed by atoms with Gasteiger partial charge in [-0.15, -0.1) is 0 Å². The van der Waals surface area contributed by atoms with Crippen molar-refractivity contribution in [2.45, 2.75) is 44.8 Å². The summed E-state index contributed by atoms with van der Waals surface area (Å²) in [6.45, 7) is 1.68. The highest BCUT2D eigenvalue weighted by atomic mass is 19.4. The number of hydrogen-bond donors (Lipinski definition) is 3. The Balaban J connectivity index is 3.68. The van der Waals surface area contributed by atoms with Gasteiger partial charge in [0.15, 0.2) is 0 Å². The lowest BCUT2D eigenvalue weighted by Gasteiger charge is -2.13. The van der Waals surface area contributed by atoms with Crippen LogP contribution in [0.3, 0.4) is 0 Å². The second kappa shape index (κ2) is 7.78. The van der Waals surface area contributed by atoms with Gasteiger partial charge in [-0.2, -0.15) is 13.2 Å². The molecule has 1 unspecified atom stereocenters. The number of carboxylic acid groups (broad SMARTS) is 1. The molecule has 0 aromatic heterocycles. The van der Waals surface area contributed by atoms with Crippen molar-refractivity contribution >= 4 is 12.0 Å². The van der Waals surface area contributed by atoms with Gasteiger partial charge in [0.2, 0.25) is 0 Å². The van der Waals surface area contributed by atoms with E-state index in [1.54, 1.807) is 6.92 Å². The number of rotatable bonds is 7. The van der Waals surface area contributed by atoms with Crippen LogP contribution in [0.2, 0.25) is 0 Å². The van der Waals surface area contributed by atoms with Gasteiger partial charge in [0.1, 0.15) is 6.04 Å². The van der Waals surface area contributed by atoms with E-state index in [1.807, 2.05) is 0 Å². The number of carbonyl (C=O) groups excluding carboxylic acids is 1. The fourth-order valence-corrected chi connectivity index (χ4v) is 1.20. The monoisotopic (exact) mass is 270 g/mol. The first-order valence-corrected chi connectivity index (χ1v) is 5.60. The molecule has 0 bridgehead atoms. The molecule has 0 fully saturated rings. The number of halogens is 3. The van der Waals surface area contributed by atoms with Crippen LogP contribution < -0.4 is 10.6 Å². The summed E-state index contributed by atoms with van der Waals surface area (Å²) < 4.78 is 35.3. The predicted molar refractivity (Wildman–Crippen MR) is 58.2 cm³/mol. The van der Waals surface area contributed by atoms with E-state index in [4.69, 9.17) is 5.11 Å². The first kappa shape index (κ1) is 16.5. The van der Waals surface area contributed by atoms with E-state index < -0.39 is 30.6 Å². The topological polar surface area (TPSA) is 78.4 Å². The van der Waals surface area contributed by atoms with Gasteiger partial charge in [0.05, 0.1) is 0 Å². The molecule has 0 radical (unpaired) electrons. The Hall–Kier alpha value is -1.47. The van der Waals surface area contributed by atoms with Crippen molar-refractivity contribution in [3.8, 4) is 0 Å². The van der Waals surface area contributed by atoms with E-state index in [-0.39, 0.29) is 25.8 Å². The van der Waals surface area contributed by atoms with E-state index >= 15 is 0 Å². The van der Waals surface area contributed by atoms with Crippen molar-refractivity contribution in [1.29, 1.82) is 0 Å². The Morgan fingerprint density at radius 2 is 1.89 bits per heavy atom. The Labute approximate surface area is 103 Å². The lowest BCUT2D eigenvalue weighted by atomic mass is 10.2.